The summed E-state index contributed by atoms with van der Waals surface area (Å²) in [6.45, 7) is 4.61. The summed E-state index contributed by atoms with van der Waals surface area (Å²) in [5.41, 5.74) is 0.807. The summed E-state index contributed by atoms with van der Waals surface area (Å²) >= 11 is 0. The Bertz CT molecular complexity index is 362. The van der Waals surface area contributed by atoms with Gasteiger partial charge in [-0.05, 0) is 37.6 Å². The molecule has 0 spiro atoms. The number of nitrogens with one attached hydrogen (secondary N) is 1. The van der Waals surface area contributed by atoms with E-state index >= 15 is 0 Å². The van der Waals surface area contributed by atoms with E-state index in [0.29, 0.717) is 13.0 Å². The number of carbonyl (C=O) groups is 1. The number of carboxylic acids is 1. The number of benzene rings is 1. The zero-order valence-electron chi connectivity index (χ0n) is 11.0. The fourth-order valence-electron chi connectivity index (χ4n) is 1.68. The van der Waals surface area contributed by atoms with E-state index in [4.69, 9.17) is 9.84 Å². The molecule has 1 unspecified atom stereocenters. The number of anilines is 1. The maximum Gasteiger partial charge on any atom is 0.326 e. The van der Waals surface area contributed by atoms with Gasteiger partial charge in [0, 0.05) is 5.69 Å². The van der Waals surface area contributed by atoms with Gasteiger partial charge in [0.25, 0.3) is 0 Å². The molecule has 1 atom stereocenters. The van der Waals surface area contributed by atoms with E-state index < -0.39 is 12.0 Å². The molecule has 0 aliphatic heterocycles. The second-order valence-electron chi connectivity index (χ2n) is 4.13. The minimum Gasteiger partial charge on any atom is -0.494 e. The van der Waals surface area contributed by atoms with Crippen LogP contribution in [-0.2, 0) is 4.79 Å². The van der Waals surface area contributed by atoms with E-state index in [9.17, 15) is 4.79 Å². The molecule has 100 valence electrons. The highest BCUT2D eigenvalue weighted by Gasteiger charge is 2.15. The zero-order valence-corrected chi connectivity index (χ0v) is 11.0. The maximum atomic E-state index is 11.1. The van der Waals surface area contributed by atoms with E-state index in [-0.39, 0.29) is 0 Å². The Kier molecular flexibility index (Phi) is 6.05. The molecule has 0 aromatic heterocycles. The van der Waals surface area contributed by atoms with Gasteiger partial charge < -0.3 is 15.2 Å². The van der Waals surface area contributed by atoms with Crippen LogP contribution in [0.4, 0.5) is 5.69 Å². The third kappa shape index (κ3) is 4.65. The minimum absolute atomic E-state index is 0.525. The molecule has 1 rings (SSSR count). The molecule has 0 amide bonds. The van der Waals surface area contributed by atoms with Crippen molar-refractivity contribution in [3.63, 3.8) is 0 Å². The second kappa shape index (κ2) is 7.58. The van der Waals surface area contributed by atoms with Gasteiger partial charge in [0.1, 0.15) is 11.8 Å². The van der Waals surface area contributed by atoms with Gasteiger partial charge in [-0.2, -0.15) is 0 Å². The first-order valence-corrected chi connectivity index (χ1v) is 6.39. The highest BCUT2D eigenvalue weighted by molar-refractivity contribution is 5.77. The van der Waals surface area contributed by atoms with Gasteiger partial charge in [0.2, 0.25) is 0 Å². The van der Waals surface area contributed by atoms with Crippen LogP contribution in [0.3, 0.4) is 0 Å². The minimum atomic E-state index is -0.808. The summed E-state index contributed by atoms with van der Waals surface area (Å²) in [6, 6.07) is 6.83. The quantitative estimate of drug-likeness (QED) is 0.745. The summed E-state index contributed by atoms with van der Waals surface area (Å²) in [4.78, 5) is 11.1. The van der Waals surface area contributed by atoms with Crippen molar-refractivity contribution in [2.75, 3.05) is 11.9 Å². The van der Waals surface area contributed by atoms with Gasteiger partial charge in [-0.15, -0.1) is 0 Å². The smallest absolute Gasteiger partial charge is 0.326 e. The molecule has 1 aromatic rings. The van der Waals surface area contributed by atoms with Gasteiger partial charge >= 0.3 is 5.97 Å². The molecule has 1 aromatic carbocycles. The number of carboxylic acid groups (broad SMARTS) is 1. The first-order chi connectivity index (χ1) is 8.67. The molecule has 0 saturated heterocycles. The van der Waals surface area contributed by atoms with Crippen molar-refractivity contribution in [1.82, 2.24) is 0 Å². The summed E-state index contributed by atoms with van der Waals surface area (Å²) in [5, 5.41) is 12.1. The third-order valence-corrected chi connectivity index (χ3v) is 2.65. The number of hydrogen-bond donors (Lipinski definition) is 2. The number of hydrogen-bond acceptors (Lipinski definition) is 3. The van der Waals surface area contributed by atoms with Crippen molar-refractivity contribution in [3.05, 3.63) is 24.3 Å². The van der Waals surface area contributed by atoms with Crippen molar-refractivity contribution in [2.24, 2.45) is 0 Å². The third-order valence-electron chi connectivity index (χ3n) is 2.65. The maximum absolute atomic E-state index is 11.1. The van der Waals surface area contributed by atoms with Gasteiger partial charge in [-0.1, -0.05) is 19.8 Å². The Labute approximate surface area is 108 Å². The average Bonchev–Trinajstić information content (AvgIpc) is 2.36. The first-order valence-electron chi connectivity index (χ1n) is 6.39. The van der Waals surface area contributed by atoms with Crippen LogP contribution >= 0.6 is 0 Å². The van der Waals surface area contributed by atoms with Crippen LogP contribution in [0.15, 0.2) is 24.3 Å². The summed E-state index contributed by atoms with van der Waals surface area (Å²) < 4.78 is 5.33. The molecule has 0 bridgehead atoms. The molecule has 0 fully saturated rings. The molecule has 4 heteroatoms. The molecule has 0 aliphatic carbocycles. The fourth-order valence-corrected chi connectivity index (χ4v) is 1.68. The highest BCUT2D eigenvalue weighted by Crippen LogP contribution is 2.17. The second-order valence-corrected chi connectivity index (χ2v) is 4.13. The topological polar surface area (TPSA) is 58.6 Å². The standard InChI is InChI=1S/C14H21NO3/c1-3-5-6-13(14(16)17)15-11-7-9-12(10-8-11)18-4-2/h7-10,13,15H,3-6H2,1-2H3,(H,16,17). The van der Waals surface area contributed by atoms with E-state index in [2.05, 4.69) is 12.2 Å². The van der Waals surface area contributed by atoms with E-state index in [0.717, 1.165) is 24.3 Å². The summed E-state index contributed by atoms with van der Waals surface area (Å²) in [6.07, 6.45) is 2.54. The predicted molar refractivity (Wildman–Crippen MR) is 72.2 cm³/mol. The zero-order chi connectivity index (χ0) is 13.4. The molecule has 0 radical (unpaired) electrons. The highest BCUT2D eigenvalue weighted by atomic mass is 16.5. The van der Waals surface area contributed by atoms with Crippen molar-refractivity contribution in [1.29, 1.82) is 0 Å². The van der Waals surface area contributed by atoms with Crippen LogP contribution in [0.5, 0.6) is 5.75 Å². The van der Waals surface area contributed by atoms with Crippen LogP contribution in [0, 0.1) is 0 Å². The molecule has 0 aliphatic rings. The van der Waals surface area contributed by atoms with Crippen LogP contribution in [0.1, 0.15) is 33.1 Å². The Morgan fingerprint density at radius 1 is 1.33 bits per heavy atom. The van der Waals surface area contributed by atoms with Crippen molar-refractivity contribution in [3.8, 4) is 5.75 Å². The lowest BCUT2D eigenvalue weighted by molar-refractivity contribution is -0.138. The number of rotatable bonds is 8. The number of unbranched alkanes of at least 4 members (excludes halogenated alkanes) is 1. The fraction of sp³-hybridized carbons (Fsp3) is 0.500. The predicted octanol–water partition coefficient (Wildman–Crippen LogP) is 3.14. The first kappa shape index (κ1) is 14.4. The average molecular weight is 251 g/mol. The van der Waals surface area contributed by atoms with E-state index in [1.807, 2.05) is 31.2 Å². The van der Waals surface area contributed by atoms with Gasteiger partial charge in [0.05, 0.1) is 6.61 Å². The lowest BCUT2D eigenvalue weighted by atomic mass is 10.1. The lowest BCUT2D eigenvalue weighted by Gasteiger charge is -2.15. The van der Waals surface area contributed by atoms with Crippen LogP contribution < -0.4 is 10.1 Å². The largest absolute Gasteiger partial charge is 0.494 e. The van der Waals surface area contributed by atoms with Crippen molar-refractivity contribution < 1.29 is 14.6 Å². The van der Waals surface area contributed by atoms with E-state index in [1.54, 1.807) is 0 Å². The summed E-state index contributed by atoms with van der Waals surface area (Å²) in [7, 11) is 0. The molecule has 18 heavy (non-hydrogen) atoms. The van der Waals surface area contributed by atoms with Gasteiger partial charge in [-0.25, -0.2) is 4.79 Å². The number of aliphatic carboxylic acids is 1. The number of ether oxygens (including phenoxy) is 1. The Hall–Kier alpha value is -1.71. The Morgan fingerprint density at radius 2 is 2.00 bits per heavy atom. The molecule has 0 saturated carbocycles. The summed E-state index contributed by atoms with van der Waals surface area (Å²) in [5.74, 6) is -0.0131. The molecular weight excluding hydrogens is 230 g/mol. The van der Waals surface area contributed by atoms with Crippen LogP contribution in [0.2, 0.25) is 0 Å². The monoisotopic (exact) mass is 251 g/mol. The Morgan fingerprint density at radius 3 is 2.50 bits per heavy atom. The lowest BCUT2D eigenvalue weighted by Crippen LogP contribution is -2.29. The normalized spacial score (nSPS) is 11.9. The molecule has 0 heterocycles. The van der Waals surface area contributed by atoms with E-state index in [1.165, 1.54) is 0 Å². The van der Waals surface area contributed by atoms with Crippen LogP contribution in [0.25, 0.3) is 0 Å². The van der Waals surface area contributed by atoms with Crippen molar-refractivity contribution >= 4 is 11.7 Å². The molecule has 4 nitrogen and oxygen atoms in total. The molecule has 2 N–H and O–H groups in total. The Balaban J connectivity index is 2.60. The molecular formula is C14H21NO3. The SMILES string of the molecule is CCCCC(Nc1ccc(OCC)cc1)C(=O)O. The van der Waals surface area contributed by atoms with Crippen LogP contribution in [-0.4, -0.2) is 23.7 Å². The van der Waals surface area contributed by atoms with Gasteiger partial charge in [0.15, 0.2) is 0 Å². The van der Waals surface area contributed by atoms with Crippen molar-refractivity contribution in [2.45, 2.75) is 39.2 Å². The van der Waals surface area contributed by atoms with Gasteiger partial charge in [-0.3, -0.25) is 0 Å².